The van der Waals surface area contributed by atoms with E-state index in [2.05, 4.69) is 96.5 Å². The van der Waals surface area contributed by atoms with Crippen LogP contribution in [0.5, 0.6) is 0 Å². The molecule has 0 saturated heterocycles. The molecule has 1 aliphatic rings. The topological polar surface area (TPSA) is 142 Å². The zero-order valence-electron chi connectivity index (χ0n) is 39.8. The minimum Gasteiger partial charge on any atom is -0.390 e. The van der Waals surface area contributed by atoms with Gasteiger partial charge in [-0.2, -0.15) is 0 Å². The van der Waals surface area contributed by atoms with Gasteiger partial charge in [0.05, 0.1) is 12.2 Å². The van der Waals surface area contributed by atoms with Crippen molar-refractivity contribution in [2.45, 2.75) is 189 Å². The number of methoxy groups -OCH3 is 1. The number of aliphatic hydroxyl groups excluding tert-OH is 2. The van der Waals surface area contributed by atoms with Crippen LogP contribution < -0.4 is 11.1 Å². The smallest absolute Gasteiger partial charge is 0.210 e. The number of nitrogens with one attached hydrogen (secondary N) is 1. The number of unbranched alkanes of at least 4 members (excludes halogenated alkanes) is 3. The van der Waals surface area contributed by atoms with E-state index in [0.717, 1.165) is 83.5 Å². The normalized spacial score (nSPS) is 22.1. The Labute approximate surface area is 367 Å². The van der Waals surface area contributed by atoms with Crippen molar-refractivity contribution in [1.29, 1.82) is 0 Å². The Morgan fingerprint density at radius 3 is 2.23 bits per heavy atom. The van der Waals surface area contributed by atoms with Crippen LogP contribution in [0.1, 0.15) is 165 Å². The number of hydrogen-bond acceptors (Lipinski definition) is 8. The zero-order valence-corrected chi connectivity index (χ0v) is 39.8. The summed E-state index contributed by atoms with van der Waals surface area (Å²) in [5, 5.41) is 30.5. The van der Waals surface area contributed by atoms with E-state index in [-0.39, 0.29) is 35.7 Å². The fourth-order valence-electron chi connectivity index (χ4n) is 8.70. The van der Waals surface area contributed by atoms with Crippen molar-refractivity contribution in [3.63, 3.8) is 0 Å². The Balaban J connectivity index is 2.37. The largest absolute Gasteiger partial charge is 0.390 e. The third-order valence-corrected chi connectivity index (χ3v) is 13.4. The molecule has 1 saturated carbocycles. The molecule has 60 heavy (non-hydrogen) atoms. The van der Waals surface area contributed by atoms with Gasteiger partial charge < -0.3 is 25.8 Å². The van der Waals surface area contributed by atoms with Gasteiger partial charge in [0.25, 0.3) is 0 Å². The number of aliphatic hydroxyl groups is 3. The fraction of sp³-hybridized carbons (Fsp3) is 0.731. The summed E-state index contributed by atoms with van der Waals surface area (Å²) in [6, 6.07) is 0. The Morgan fingerprint density at radius 1 is 0.883 bits per heavy atom. The average Bonchev–Trinajstić information content (AvgIpc) is 3.18. The van der Waals surface area contributed by atoms with Crippen LogP contribution in [-0.4, -0.2) is 64.7 Å². The molecule has 0 amide bonds. The lowest BCUT2D eigenvalue weighted by Gasteiger charge is -2.33. The molecule has 1 fully saturated rings. The quantitative estimate of drug-likeness (QED) is 0.0148. The lowest BCUT2D eigenvalue weighted by Crippen LogP contribution is -2.47. The number of ketones is 2. The number of Topliss-reactive ketones (excluding diaryl/α,β-unsaturated/α-hetero) is 2. The predicted molar refractivity (Wildman–Crippen MR) is 252 cm³/mol. The highest BCUT2D eigenvalue weighted by atomic mass is 16.5. The molecule has 0 aliphatic heterocycles. The van der Waals surface area contributed by atoms with Crippen molar-refractivity contribution in [2.24, 2.45) is 47.2 Å². The van der Waals surface area contributed by atoms with Crippen LogP contribution >= 0.6 is 0 Å². The SMILES string of the molecule is C=C(C(C)C/C(C)=C/[C@@H](C)C(=O)CCCCC1CC[C@@H](O)C(OC)C1)C(C)C[C@H](C)/C=C/C=C/C=C(\C)CCCCCC(C)C(C)(N)C(=C)C(=O)C[C@@H](C)CCNC(O)O. The molecule has 0 bridgehead atoms. The first-order valence-electron chi connectivity index (χ1n) is 23.4. The monoisotopic (exact) mass is 839 g/mol. The van der Waals surface area contributed by atoms with Gasteiger partial charge in [-0.15, -0.1) is 0 Å². The molecule has 8 heteroatoms. The highest BCUT2D eigenvalue weighted by molar-refractivity contribution is 5.97. The van der Waals surface area contributed by atoms with Gasteiger partial charge in [-0.25, -0.2) is 0 Å². The van der Waals surface area contributed by atoms with Crippen molar-refractivity contribution < 1.29 is 29.6 Å². The summed E-state index contributed by atoms with van der Waals surface area (Å²) in [7, 11) is 1.69. The number of carbonyl (C=O) groups excluding carboxylic acids is 2. The zero-order chi connectivity index (χ0) is 45.4. The number of rotatable bonds is 32. The lowest BCUT2D eigenvalue weighted by molar-refractivity contribution is -0.121. The fourth-order valence-corrected chi connectivity index (χ4v) is 8.70. The van der Waals surface area contributed by atoms with E-state index in [4.69, 9.17) is 20.7 Å². The van der Waals surface area contributed by atoms with Crippen LogP contribution in [0.4, 0.5) is 0 Å². The molecule has 0 aromatic carbocycles. The van der Waals surface area contributed by atoms with E-state index < -0.39 is 12.0 Å². The van der Waals surface area contributed by atoms with E-state index in [9.17, 15) is 14.7 Å². The van der Waals surface area contributed by atoms with Gasteiger partial charge in [0.2, 0.25) is 6.41 Å². The van der Waals surface area contributed by atoms with Crippen molar-refractivity contribution in [3.05, 3.63) is 71.9 Å². The van der Waals surface area contributed by atoms with Gasteiger partial charge in [-0.1, -0.05) is 134 Å². The molecule has 0 heterocycles. The summed E-state index contributed by atoms with van der Waals surface area (Å²) in [6.45, 7) is 28.2. The summed E-state index contributed by atoms with van der Waals surface area (Å²) in [4.78, 5) is 25.8. The van der Waals surface area contributed by atoms with E-state index in [0.29, 0.717) is 60.8 Å². The molecule has 10 atom stereocenters. The van der Waals surface area contributed by atoms with Crippen molar-refractivity contribution in [1.82, 2.24) is 5.32 Å². The van der Waals surface area contributed by atoms with Gasteiger partial charge in [-0.05, 0) is 120 Å². The van der Waals surface area contributed by atoms with E-state index in [1.807, 2.05) is 20.8 Å². The molecule has 0 aromatic heterocycles. The van der Waals surface area contributed by atoms with Gasteiger partial charge in [0.15, 0.2) is 5.78 Å². The predicted octanol–water partition coefficient (Wildman–Crippen LogP) is 10.9. The maximum Gasteiger partial charge on any atom is 0.210 e. The van der Waals surface area contributed by atoms with Crippen molar-refractivity contribution in [2.75, 3.05) is 13.7 Å². The van der Waals surface area contributed by atoms with Crippen LogP contribution in [0.15, 0.2) is 71.9 Å². The molecule has 1 rings (SSSR count). The second-order valence-electron chi connectivity index (χ2n) is 19.2. The summed E-state index contributed by atoms with van der Waals surface area (Å²) in [6.07, 6.45) is 25.9. The van der Waals surface area contributed by atoms with Gasteiger partial charge in [-0.3, -0.25) is 14.9 Å². The maximum atomic E-state index is 12.9. The van der Waals surface area contributed by atoms with Crippen LogP contribution in [0.3, 0.4) is 0 Å². The summed E-state index contributed by atoms with van der Waals surface area (Å²) < 4.78 is 5.45. The van der Waals surface area contributed by atoms with E-state index in [1.165, 1.54) is 16.7 Å². The molecular weight excluding hydrogens is 749 g/mol. The molecule has 0 radical (unpaired) electrons. The Morgan fingerprint density at radius 2 is 1.57 bits per heavy atom. The Hall–Kier alpha value is -2.46. The summed E-state index contributed by atoms with van der Waals surface area (Å²) >= 11 is 0. The Bertz CT molecular complexity index is 1410. The number of nitrogens with two attached hydrogens (primary N) is 1. The second kappa shape index (κ2) is 29.8. The third kappa shape index (κ3) is 22.6. The number of ether oxygens (including phenoxy) is 1. The van der Waals surface area contributed by atoms with E-state index in [1.54, 1.807) is 7.11 Å². The van der Waals surface area contributed by atoms with Gasteiger partial charge in [0.1, 0.15) is 5.78 Å². The minimum atomic E-state index is -1.54. The number of allylic oxidation sites excluding steroid dienone is 9. The molecule has 8 nitrogen and oxygen atoms in total. The second-order valence-corrected chi connectivity index (χ2v) is 19.2. The third-order valence-electron chi connectivity index (χ3n) is 13.4. The van der Waals surface area contributed by atoms with Crippen LogP contribution in [0.25, 0.3) is 0 Å². The summed E-state index contributed by atoms with van der Waals surface area (Å²) in [5.41, 5.74) is 10.3. The average molecular weight is 839 g/mol. The molecule has 0 spiro atoms. The van der Waals surface area contributed by atoms with Crippen molar-refractivity contribution in [3.8, 4) is 0 Å². The van der Waals surface area contributed by atoms with Gasteiger partial charge >= 0.3 is 0 Å². The Kier molecular flexibility index (Phi) is 27.6. The first-order chi connectivity index (χ1) is 28.2. The molecular formula is C52H90N2O6. The molecule has 1 aliphatic carbocycles. The lowest BCUT2D eigenvalue weighted by atomic mass is 9.76. The number of hydrogen-bond donors (Lipinski definition) is 5. The standard InChI is InChI=1S/C52H90N2O6/c1-36(22-16-14-18-24-43(8)52(11,53)45(10)49(57)34-38(3)29-30-54-51(58)59)21-15-13-17-23-37(2)31-40(5)44(9)41(6)32-39(4)33-42(7)47(55)26-20-19-25-46-27-28-48(56)50(35-46)60-12/h13,15,17,21,23,33,37-38,40-43,46,48,50-51,54,56,58-59H,9-10,14,16,18-20,22,24-32,34-35,53H2,1-8,11-12H3/b15-13+,23-17+,36-21+,39-33+/t37-,38+,40?,41?,42-,43?,46?,48-,50?,52?/m1/s1. The van der Waals surface area contributed by atoms with Gasteiger partial charge in [0, 0.05) is 43.5 Å². The number of carbonyl (C=O) groups is 2. The highest BCUT2D eigenvalue weighted by Crippen LogP contribution is 2.32. The molecule has 344 valence electrons. The van der Waals surface area contributed by atoms with E-state index >= 15 is 0 Å². The molecule has 6 unspecified atom stereocenters. The summed E-state index contributed by atoms with van der Waals surface area (Å²) in [5.74, 6) is 2.26. The van der Waals surface area contributed by atoms with Crippen LogP contribution in [-0.2, 0) is 14.3 Å². The van der Waals surface area contributed by atoms with Crippen LogP contribution in [0, 0.1) is 41.4 Å². The highest BCUT2D eigenvalue weighted by Gasteiger charge is 2.33. The minimum absolute atomic E-state index is 0.0126. The molecule has 0 aromatic rings. The van der Waals surface area contributed by atoms with Crippen molar-refractivity contribution >= 4 is 11.6 Å². The first kappa shape index (κ1) is 55.6. The van der Waals surface area contributed by atoms with Crippen LogP contribution in [0.2, 0.25) is 0 Å². The first-order valence-corrected chi connectivity index (χ1v) is 23.4. The maximum absolute atomic E-state index is 12.9. The molecule has 6 N–H and O–H groups in total.